The van der Waals surface area contributed by atoms with Crippen molar-refractivity contribution in [2.75, 3.05) is 51.1 Å². The maximum atomic E-state index is 13.3. The third-order valence-electron chi connectivity index (χ3n) is 6.27. The van der Waals surface area contributed by atoms with E-state index in [0.29, 0.717) is 6.54 Å². The highest BCUT2D eigenvalue weighted by molar-refractivity contribution is 5.95. The molecule has 2 fully saturated rings. The molecule has 0 saturated carbocycles. The Balaban J connectivity index is 1.41. The largest absolute Gasteiger partial charge is 0.342 e. The van der Waals surface area contributed by atoms with E-state index in [2.05, 4.69) is 15.1 Å². The van der Waals surface area contributed by atoms with Gasteiger partial charge in [0.1, 0.15) is 6.04 Å². The molecule has 2 aromatic carbocycles. The van der Waals surface area contributed by atoms with Crippen LogP contribution in [0.1, 0.15) is 30.0 Å². The first-order chi connectivity index (χ1) is 15.1. The third-order valence-corrected chi connectivity index (χ3v) is 6.27. The van der Waals surface area contributed by atoms with Gasteiger partial charge < -0.3 is 10.2 Å². The minimum atomic E-state index is -0.348. The van der Waals surface area contributed by atoms with Gasteiger partial charge in [-0.05, 0) is 37.5 Å². The van der Waals surface area contributed by atoms with E-state index < -0.39 is 0 Å². The van der Waals surface area contributed by atoms with Crippen LogP contribution in [0.15, 0.2) is 54.6 Å². The van der Waals surface area contributed by atoms with Gasteiger partial charge in [0.05, 0.1) is 6.54 Å². The Morgan fingerprint density at radius 1 is 0.871 bits per heavy atom. The standard InChI is InChI=1S/C25H32N4O2/c1-20-9-11-22(12-10-20)26-25(31)24(21-7-3-2-4-8-21)29-17-15-27(16-18-29)19-23(30)28-13-5-6-14-28/h2-4,7-12,24H,5-6,13-19H2,1H3,(H,26,31). The van der Waals surface area contributed by atoms with E-state index in [1.54, 1.807) is 0 Å². The number of nitrogens with one attached hydrogen (secondary N) is 1. The van der Waals surface area contributed by atoms with Crippen molar-refractivity contribution in [3.05, 3.63) is 65.7 Å². The maximum absolute atomic E-state index is 13.3. The zero-order valence-electron chi connectivity index (χ0n) is 18.3. The van der Waals surface area contributed by atoms with Crippen LogP contribution < -0.4 is 5.32 Å². The number of benzene rings is 2. The van der Waals surface area contributed by atoms with Crippen LogP contribution in [0.2, 0.25) is 0 Å². The summed E-state index contributed by atoms with van der Waals surface area (Å²) in [5.41, 5.74) is 2.97. The second-order valence-electron chi connectivity index (χ2n) is 8.57. The Labute approximate surface area is 184 Å². The fourth-order valence-electron chi connectivity index (χ4n) is 4.45. The fourth-order valence-corrected chi connectivity index (χ4v) is 4.45. The summed E-state index contributed by atoms with van der Waals surface area (Å²) >= 11 is 0. The molecule has 0 bridgehead atoms. The van der Waals surface area contributed by atoms with E-state index in [1.807, 2.05) is 66.4 Å². The first kappa shape index (κ1) is 21.5. The summed E-state index contributed by atoms with van der Waals surface area (Å²) in [7, 11) is 0. The molecule has 31 heavy (non-hydrogen) atoms. The Bertz CT molecular complexity index is 870. The van der Waals surface area contributed by atoms with E-state index in [4.69, 9.17) is 0 Å². The summed E-state index contributed by atoms with van der Waals surface area (Å²) in [5.74, 6) is 0.222. The summed E-state index contributed by atoms with van der Waals surface area (Å²) in [4.78, 5) is 32.2. The molecule has 6 nitrogen and oxygen atoms in total. The van der Waals surface area contributed by atoms with Crippen molar-refractivity contribution in [1.29, 1.82) is 0 Å². The number of carbonyl (C=O) groups excluding carboxylic acids is 2. The lowest BCUT2D eigenvalue weighted by molar-refractivity contribution is -0.132. The highest BCUT2D eigenvalue weighted by Crippen LogP contribution is 2.24. The molecule has 1 atom stereocenters. The smallest absolute Gasteiger partial charge is 0.246 e. The first-order valence-electron chi connectivity index (χ1n) is 11.3. The average Bonchev–Trinajstić information content (AvgIpc) is 3.33. The monoisotopic (exact) mass is 420 g/mol. The SMILES string of the molecule is Cc1ccc(NC(=O)C(c2ccccc2)N2CCN(CC(=O)N3CCCC3)CC2)cc1. The van der Waals surface area contributed by atoms with Crippen LogP contribution in [0.4, 0.5) is 5.69 Å². The molecule has 0 aromatic heterocycles. The number of nitrogens with zero attached hydrogens (tertiary/aromatic N) is 3. The summed E-state index contributed by atoms with van der Waals surface area (Å²) < 4.78 is 0. The Kier molecular flexibility index (Phi) is 6.99. The van der Waals surface area contributed by atoms with Crippen LogP contribution in [-0.2, 0) is 9.59 Å². The Hall–Kier alpha value is -2.70. The van der Waals surface area contributed by atoms with Gasteiger partial charge in [0.2, 0.25) is 11.8 Å². The molecule has 1 unspecified atom stereocenters. The van der Waals surface area contributed by atoms with Crippen LogP contribution in [-0.4, -0.2) is 72.3 Å². The molecule has 164 valence electrons. The number of anilines is 1. The molecule has 2 heterocycles. The molecule has 2 aliphatic heterocycles. The van der Waals surface area contributed by atoms with Gasteiger partial charge in [0, 0.05) is 45.0 Å². The number of rotatable bonds is 6. The average molecular weight is 421 g/mol. The molecule has 4 rings (SSSR count). The van der Waals surface area contributed by atoms with Crippen molar-refractivity contribution in [3.63, 3.8) is 0 Å². The molecular formula is C25H32N4O2. The molecular weight excluding hydrogens is 388 g/mol. The highest BCUT2D eigenvalue weighted by Gasteiger charge is 2.31. The molecule has 2 saturated heterocycles. The van der Waals surface area contributed by atoms with E-state index in [-0.39, 0.29) is 17.9 Å². The molecule has 0 aliphatic carbocycles. The summed E-state index contributed by atoms with van der Waals surface area (Å²) in [6.45, 7) is 7.41. The van der Waals surface area contributed by atoms with Gasteiger partial charge in [-0.15, -0.1) is 0 Å². The Morgan fingerprint density at radius 2 is 1.52 bits per heavy atom. The molecule has 2 aliphatic rings. The minimum Gasteiger partial charge on any atom is -0.342 e. The summed E-state index contributed by atoms with van der Waals surface area (Å²) in [6.07, 6.45) is 2.24. The van der Waals surface area contributed by atoms with Crippen LogP contribution in [0.5, 0.6) is 0 Å². The van der Waals surface area contributed by atoms with Crippen molar-refractivity contribution in [2.24, 2.45) is 0 Å². The van der Waals surface area contributed by atoms with Crippen LogP contribution in [0.25, 0.3) is 0 Å². The zero-order valence-corrected chi connectivity index (χ0v) is 18.3. The number of hydrogen-bond donors (Lipinski definition) is 1. The lowest BCUT2D eigenvalue weighted by atomic mass is 10.0. The molecule has 0 spiro atoms. The quantitative estimate of drug-likeness (QED) is 0.781. The number of piperazine rings is 1. The fraction of sp³-hybridized carbons (Fsp3) is 0.440. The number of likely N-dealkylation sites (tertiary alicyclic amines) is 1. The van der Waals surface area contributed by atoms with Gasteiger partial charge in [-0.3, -0.25) is 19.4 Å². The van der Waals surface area contributed by atoms with Gasteiger partial charge in [0.25, 0.3) is 0 Å². The van der Waals surface area contributed by atoms with Crippen molar-refractivity contribution in [2.45, 2.75) is 25.8 Å². The van der Waals surface area contributed by atoms with Gasteiger partial charge in [-0.1, -0.05) is 48.0 Å². The Morgan fingerprint density at radius 3 is 2.16 bits per heavy atom. The topological polar surface area (TPSA) is 55.9 Å². The molecule has 0 radical (unpaired) electrons. The van der Waals surface area contributed by atoms with Gasteiger partial charge in [-0.25, -0.2) is 0 Å². The van der Waals surface area contributed by atoms with E-state index in [0.717, 1.165) is 68.9 Å². The normalized spacial score (nSPS) is 18.7. The number of carbonyl (C=O) groups is 2. The second kappa shape index (κ2) is 10.1. The maximum Gasteiger partial charge on any atom is 0.246 e. The van der Waals surface area contributed by atoms with Crippen molar-refractivity contribution >= 4 is 17.5 Å². The number of amides is 2. The van der Waals surface area contributed by atoms with E-state index in [1.165, 1.54) is 0 Å². The van der Waals surface area contributed by atoms with E-state index >= 15 is 0 Å². The van der Waals surface area contributed by atoms with Crippen LogP contribution >= 0.6 is 0 Å². The lowest BCUT2D eigenvalue weighted by Crippen LogP contribution is -2.52. The lowest BCUT2D eigenvalue weighted by Gasteiger charge is -2.39. The van der Waals surface area contributed by atoms with Crippen molar-refractivity contribution in [1.82, 2.24) is 14.7 Å². The first-order valence-corrected chi connectivity index (χ1v) is 11.3. The number of aryl methyl sites for hydroxylation is 1. The predicted molar refractivity (Wildman–Crippen MR) is 123 cm³/mol. The second-order valence-corrected chi connectivity index (χ2v) is 8.57. The molecule has 1 N–H and O–H groups in total. The van der Waals surface area contributed by atoms with Crippen LogP contribution in [0, 0.1) is 6.92 Å². The molecule has 6 heteroatoms. The summed E-state index contributed by atoms with van der Waals surface area (Å²) in [6, 6.07) is 17.5. The van der Waals surface area contributed by atoms with Gasteiger partial charge in [-0.2, -0.15) is 0 Å². The highest BCUT2D eigenvalue weighted by atomic mass is 16.2. The summed E-state index contributed by atoms with van der Waals surface area (Å²) in [5, 5.41) is 3.09. The zero-order chi connectivity index (χ0) is 21.6. The molecule has 2 aromatic rings. The molecule has 2 amide bonds. The van der Waals surface area contributed by atoms with Crippen molar-refractivity contribution in [3.8, 4) is 0 Å². The van der Waals surface area contributed by atoms with Gasteiger partial charge in [0.15, 0.2) is 0 Å². The third kappa shape index (κ3) is 5.51. The minimum absolute atomic E-state index is 0.0170. The van der Waals surface area contributed by atoms with Crippen molar-refractivity contribution < 1.29 is 9.59 Å². The number of hydrogen-bond acceptors (Lipinski definition) is 4. The van der Waals surface area contributed by atoms with E-state index in [9.17, 15) is 9.59 Å². The van der Waals surface area contributed by atoms with Gasteiger partial charge >= 0.3 is 0 Å². The van der Waals surface area contributed by atoms with Crippen LogP contribution in [0.3, 0.4) is 0 Å². The predicted octanol–water partition coefficient (Wildman–Crippen LogP) is 2.91.